The minimum atomic E-state index is -0.155. The van der Waals surface area contributed by atoms with Crippen molar-refractivity contribution in [1.82, 2.24) is 0 Å². The van der Waals surface area contributed by atoms with Gasteiger partial charge in [-0.1, -0.05) is 11.6 Å². The number of carbonyl (C=O) groups excluding carboxylic acids is 1. The van der Waals surface area contributed by atoms with Gasteiger partial charge in [-0.2, -0.15) is 0 Å². The van der Waals surface area contributed by atoms with Crippen LogP contribution in [0, 0.1) is 6.92 Å². The molecule has 2 rings (SSSR count). The number of benzene rings is 1. The zero-order chi connectivity index (χ0) is 13.1. The summed E-state index contributed by atoms with van der Waals surface area (Å²) in [6.45, 7) is 2.21. The van der Waals surface area contributed by atoms with Gasteiger partial charge in [0.2, 0.25) is 5.78 Å². The molecule has 0 aliphatic carbocycles. The molecule has 0 unspecified atom stereocenters. The third-order valence-corrected chi connectivity index (χ3v) is 3.02. The Balaban J connectivity index is 2.26. The molecule has 1 heterocycles. The number of aryl methyl sites for hydroxylation is 1. The van der Waals surface area contributed by atoms with Gasteiger partial charge < -0.3 is 9.15 Å². The smallest absolute Gasteiger partial charge is 0.228 e. The first-order chi connectivity index (χ1) is 8.61. The zero-order valence-electron chi connectivity index (χ0n) is 10.2. The molecule has 0 amide bonds. The van der Waals surface area contributed by atoms with Crippen LogP contribution in [-0.4, -0.2) is 12.9 Å². The Morgan fingerprint density at radius 2 is 2.11 bits per heavy atom. The van der Waals surface area contributed by atoms with E-state index in [2.05, 4.69) is 0 Å². The van der Waals surface area contributed by atoms with Crippen molar-refractivity contribution in [2.75, 3.05) is 7.11 Å². The predicted molar refractivity (Wildman–Crippen MR) is 69.0 cm³/mol. The van der Waals surface area contributed by atoms with Crippen molar-refractivity contribution in [2.24, 2.45) is 0 Å². The Hall–Kier alpha value is -1.58. The highest BCUT2D eigenvalue weighted by Crippen LogP contribution is 2.19. The van der Waals surface area contributed by atoms with Crippen molar-refractivity contribution in [3.63, 3.8) is 0 Å². The maximum Gasteiger partial charge on any atom is 0.228 e. The van der Waals surface area contributed by atoms with Gasteiger partial charge in [0.25, 0.3) is 0 Å². The van der Waals surface area contributed by atoms with Crippen LogP contribution in [0.1, 0.15) is 27.4 Å². The molecular weight excluding hydrogens is 252 g/mol. The molecule has 1 aromatic carbocycles. The molecule has 4 heteroatoms. The van der Waals surface area contributed by atoms with Crippen molar-refractivity contribution in [3.05, 3.63) is 58.0 Å². The van der Waals surface area contributed by atoms with Gasteiger partial charge in [0.15, 0.2) is 5.76 Å². The van der Waals surface area contributed by atoms with Gasteiger partial charge in [-0.25, -0.2) is 0 Å². The van der Waals surface area contributed by atoms with Crippen LogP contribution in [0.2, 0.25) is 5.02 Å². The summed E-state index contributed by atoms with van der Waals surface area (Å²) in [5.41, 5.74) is 1.43. The fraction of sp³-hybridized carbons (Fsp3) is 0.214. The highest BCUT2D eigenvalue weighted by molar-refractivity contribution is 6.31. The van der Waals surface area contributed by atoms with Crippen LogP contribution in [0.3, 0.4) is 0 Å². The van der Waals surface area contributed by atoms with Gasteiger partial charge in [0.1, 0.15) is 12.4 Å². The fourth-order valence-electron chi connectivity index (χ4n) is 1.65. The summed E-state index contributed by atoms with van der Waals surface area (Å²) in [7, 11) is 1.58. The SMILES string of the molecule is COCc1ccc(C(=O)c2ccc(Cl)c(C)c2)o1. The highest BCUT2D eigenvalue weighted by atomic mass is 35.5. The predicted octanol–water partition coefficient (Wildman–Crippen LogP) is 3.62. The Morgan fingerprint density at radius 1 is 1.33 bits per heavy atom. The molecule has 0 aliphatic rings. The molecule has 18 heavy (non-hydrogen) atoms. The number of hydrogen-bond donors (Lipinski definition) is 0. The quantitative estimate of drug-likeness (QED) is 0.792. The zero-order valence-corrected chi connectivity index (χ0v) is 11.0. The van der Waals surface area contributed by atoms with Crippen LogP contribution in [0.15, 0.2) is 34.7 Å². The molecule has 0 N–H and O–H groups in total. The lowest BCUT2D eigenvalue weighted by molar-refractivity contribution is 0.1000. The molecule has 0 aliphatic heterocycles. The lowest BCUT2D eigenvalue weighted by Crippen LogP contribution is -2.00. The molecular formula is C14H13ClO3. The normalized spacial score (nSPS) is 10.6. The lowest BCUT2D eigenvalue weighted by atomic mass is 10.1. The summed E-state index contributed by atoms with van der Waals surface area (Å²) in [4.78, 5) is 12.1. The number of carbonyl (C=O) groups is 1. The van der Waals surface area contributed by atoms with Crippen molar-refractivity contribution in [3.8, 4) is 0 Å². The number of methoxy groups -OCH3 is 1. The summed E-state index contributed by atoms with van der Waals surface area (Å²) in [6, 6.07) is 8.54. The third-order valence-electron chi connectivity index (χ3n) is 2.59. The monoisotopic (exact) mass is 264 g/mol. The van der Waals surface area contributed by atoms with Crippen LogP contribution in [0.4, 0.5) is 0 Å². The Morgan fingerprint density at radius 3 is 2.78 bits per heavy atom. The first-order valence-corrected chi connectivity index (χ1v) is 5.88. The van der Waals surface area contributed by atoms with E-state index >= 15 is 0 Å². The van der Waals surface area contributed by atoms with Gasteiger partial charge in [-0.05, 0) is 42.8 Å². The largest absolute Gasteiger partial charge is 0.455 e. The maximum atomic E-state index is 12.1. The number of hydrogen-bond acceptors (Lipinski definition) is 3. The summed E-state index contributed by atoms with van der Waals surface area (Å²) >= 11 is 5.93. The van der Waals surface area contributed by atoms with E-state index in [-0.39, 0.29) is 5.78 Å². The van der Waals surface area contributed by atoms with E-state index in [1.807, 2.05) is 6.92 Å². The summed E-state index contributed by atoms with van der Waals surface area (Å²) in [5.74, 6) is 0.785. The van der Waals surface area contributed by atoms with Gasteiger partial charge in [-0.15, -0.1) is 0 Å². The summed E-state index contributed by atoms with van der Waals surface area (Å²) < 4.78 is 10.3. The fourth-order valence-corrected chi connectivity index (χ4v) is 1.77. The number of ether oxygens (including phenoxy) is 1. The topological polar surface area (TPSA) is 39.4 Å². The molecule has 0 fully saturated rings. The average molecular weight is 265 g/mol. The molecule has 2 aromatic rings. The second-order valence-electron chi connectivity index (χ2n) is 3.99. The van der Waals surface area contributed by atoms with E-state index in [0.717, 1.165) is 5.56 Å². The second kappa shape index (κ2) is 5.38. The van der Waals surface area contributed by atoms with Gasteiger partial charge in [0, 0.05) is 17.7 Å². The van der Waals surface area contributed by atoms with E-state index in [0.29, 0.717) is 28.7 Å². The molecule has 0 spiro atoms. The molecule has 0 saturated carbocycles. The molecule has 94 valence electrons. The minimum Gasteiger partial charge on any atom is -0.455 e. The van der Waals surface area contributed by atoms with E-state index in [1.165, 1.54) is 0 Å². The average Bonchev–Trinajstić information content (AvgIpc) is 2.81. The van der Waals surface area contributed by atoms with Crippen molar-refractivity contribution < 1.29 is 13.9 Å². The number of halogens is 1. The van der Waals surface area contributed by atoms with Gasteiger partial charge in [0.05, 0.1) is 0 Å². The Kier molecular flexibility index (Phi) is 3.84. The number of rotatable bonds is 4. The second-order valence-corrected chi connectivity index (χ2v) is 4.40. The molecule has 1 aromatic heterocycles. The van der Waals surface area contributed by atoms with Crippen LogP contribution >= 0.6 is 11.6 Å². The first-order valence-electron chi connectivity index (χ1n) is 5.50. The van der Waals surface area contributed by atoms with E-state index < -0.39 is 0 Å². The van der Waals surface area contributed by atoms with Crippen molar-refractivity contribution in [2.45, 2.75) is 13.5 Å². The molecule has 0 atom stereocenters. The maximum absolute atomic E-state index is 12.1. The van der Waals surface area contributed by atoms with E-state index in [9.17, 15) is 4.79 Å². The number of furan rings is 1. The highest BCUT2D eigenvalue weighted by Gasteiger charge is 2.14. The van der Waals surface area contributed by atoms with Crippen LogP contribution in [-0.2, 0) is 11.3 Å². The molecule has 0 saturated heterocycles. The van der Waals surface area contributed by atoms with Crippen LogP contribution in [0.5, 0.6) is 0 Å². The van der Waals surface area contributed by atoms with Crippen molar-refractivity contribution >= 4 is 17.4 Å². The van der Waals surface area contributed by atoms with Gasteiger partial charge >= 0.3 is 0 Å². The summed E-state index contributed by atoms with van der Waals surface area (Å²) in [5, 5.41) is 0.645. The molecule has 3 nitrogen and oxygen atoms in total. The van der Waals surface area contributed by atoms with E-state index in [4.69, 9.17) is 20.8 Å². The standard InChI is InChI=1S/C14H13ClO3/c1-9-7-10(3-5-12(9)15)14(16)13-6-4-11(18-13)8-17-2/h3-7H,8H2,1-2H3. The van der Waals surface area contributed by atoms with Gasteiger partial charge in [-0.3, -0.25) is 4.79 Å². The molecule has 0 radical (unpaired) electrons. The lowest BCUT2D eigenvalue weighted by Gasteiger charge is -2.01. The van der Waals surface area contributed by atoms with Crippen molar-refractivity contribution in [1.29, 1.82) is 0 Å². The minimum absolute atomic E-state index is 0.155. The Bertz CT molecular complexity index is 572. The Labute approximate surface area is 110 Å². The molecule has 0 bridgehead atoms. The van der Waals surface area contributed by atoms with Crippen LogP contribution in [0.25, 0.3) is 0 Å². The number of ketones is 1. The summed E-state index contributed by atoms with van der Waals surface area (Å²) in [6.07, 6.45) is 0. The van der Waals surface area contributed by atoms with E-state index in [1.54, 1.807) is 37.4 Å². The first kappa shape index (κ1) is 12.9. The van der Waals surface area contributed by atoms with Crippen LogP contribution < -0.4 is 0 Å². The third kappa shape index (κ3) is 2.63.